The molecule has 1 amide bonds. The van der Waals surface area contributed by atoms with Crippen LogP contribution in [-0.4, -0.2) is 60.0 Å². The minimum atomic E-state index is 0.0486. The Balaban J connectivity index is 1.80. The van der Waals surface area contributed by atoms with E-state index in [1.165, 1.54) is 0 Å². The van der Waals surface area contributed by atoms with Gasteiger partial charge in [-0.1, -0.05) is 13.8 Å². The number of likely N-dealkylation sites (N-methyl/N-ethyl adjacent to an activating group) is 1. The molecule has 6 heteroatoms. The molecule has 1 aromatic rings. The minimum absolute atomic E-state index is 0.0486. The van der Waals surface area contributed by atoms with Crippen molar-refractivity contribution < 1.29 is 4.79 Å². The quantitative estimate of drug-likeness (QED) is 0.819. The first-order valence-corrected chi connectivity index (χ1v) is 8.25. The van der Waals surface area contributed by atoms with Gasteiger partial charge < -0.3 is 15.1 Å². The van der Waals surface area contributed by atoms with Crippen LogP contribution in [0.15, 0.2) is 18.6 Å². The van der Waals surface area contributed by atoms with Gasteiger partial charge in [0.05, 0.1) is 12.1 Å². The van der Waals surface area contributed by atoms with Crippen molar-refractivity contribution in [3.63, 3.8) is 0 Å². The molecule has 1 unspecified atom stereocenters. The Kier molecular flexibility index (Phi) is 6.58. The number of hydrogen-bond donors (Lipinski definition) is 1. The van der Waals surface area contributed by atoms with Gasteiger partial charge >= 0.3 is 0 Å². The summed E-state index contributed by atoms with van der Waals surface area (Å²) < 4.78 is 0. The van der Waals surface area contributed by atoms with Crippen LogP contribution < -0.4 is 10.2 Å². The lowest BCUT2D eigenvalue weighted by molar-refractivity contribution is -0.125. The number of amides is 1. The van der Waals surface area contributed by atoms with Crippen molar-refractivity contribution in [1.82, 2.24) is 20.2 Å². The van der Waals surface area contributed by atoms with Gasteiger partial charge in [-0.25, -0.2) is 4.98 Å². The van der Waals surface area contributed by atoms with Gasteiger partial charge in [-0.2, -0.15) is 0 Å². The van der Waals surface area contributed by atoms with Crippen LogP contribution in [0.25, 0.3) is 0 Å². The van der Waals surface area contributed by atoms with E-state index in [1.54, 1.807) is 18.6 Å². The Hall–Kier alpha value is -1.69. The van der Waals surface area contributed by atoms with Crippen molar-refractivity contribution >= 4 is 11.7 Å². The lowest BCUT2D eigenvalue weighted by Gasteiger charge is -2.32. The molecule has 122 valence electrons. The molecule has 1 aliphatic heterocycles. The first kappa shape index (κ1) is 16.7. The lowest BCUT2D eigenvalue weighted by atomic mass is 9.97. The molecule has 0 aliphatic carbocycles. The molecule has 0 bridgehead atoms. The normalized spacial score (nSPS) is 18.5. The van der Waals surface area contributed by atoms with Gasteiger partial charge in [-0.3, -0.25) is 9.78 Å². The summed E-state index contributed by atoms with van der Waals surface area (Å²) in [5.74, 6) is 1.08. The van der Waals surface area contributed by atoms with Crippen LogP contribution in [0.4, 0.5) is 5.82 Å². The number of carbonyl (C=O) groups excluding carboxylic acids is 1. The predicted octanol–water partition coefficient (Wildman–Crippen LogP) is 1.15. The fourth-order valence-electron chi connectivity index (χ4n) is 2.88. The molecule has 0 aromatic carbocycles. The minimum Gasteiger partial charge on any atom is -0.355 e. The molecule has 0 spiro atoms. The highest BCUT2D eigenvalue weighted by Crippen LogP contribution is 2.20. The molecular weight excluding hydrogens is 278 g/mol. The van der Waals surface area contributed by atoms with Gasteiger partial charge in [0, 0.05) is 38.6 Å². The maximum atomic E-state index is 12.3. The summed E-state index contributed by atoms with van der Waals surface area (Å²) in [5.41, 5.74) is 0. The molecule has 22 heavy (non-hydrogen) atoms. The fourth-order valence-corrected chi connectivity index (χ4v) is 2.88. The van der Waals surface area contributed by atoms with Crippen molar-refractivity contribution in [1.29, 1.82) is 0 Å². The van der Waals surface area contributed by atoms with Crippen LogP contribution >= 0.6 is 0 Å². The highest BCUT2D eigenvalue weighted by atomic mass is 16.1. The second kappa shape index (κ2) is 8.68. The van der Waals surface area contributed by atoms with E-state index in [1.807, 2.05) is 0 Å². The van der Waals surface area contributed by atoms with Crippen molar-refractivity contribution in [3.05, 3.63) is 18.6 Å². The molecule has 1 aromatic heterocycles. The number of piperidine rings is 1. The van der Waals surface area contributed by atoms with E-state index in [4.69, 9.17) is 0 Å². The molecule has 1 saturated heterocycles. The van der Waals surface area contributed by atoms with Crippen LogP contribution in [0.1, 0.15) is 26.7 Å². The van der Waals surface area contributed by atoms with Gasteiger partial charge in [-0.05, 0) is 25.9 Å². The number of carbonyl (C=O) groups is 1. The molecule has 2 heterocycles. The summed E-state index contributed by atoms with van der Waals surface area (Å²) >= 11 is 0. The van der Waals surface area contributed by atoms with Gasteiger partial charge in [0.1, 0.15) is 5.82 Å². The first-order chi connectivity index (χ1) is 10.7. The molecule has 0 radical (unpaired) electrons. The number of nitrogens with one attached hydrogen (secondary N) is 1. The first-order valence-electron chi connectivity index (χ1n) is 8.25. The van der Waals surface area contributed by atoms with E-state index in [-0.39, 0.29) is 11.8 Å². The highest BCUT2D eigenvalue weighted by molar-refractivity contribution is 5.79. The third-order valence-corrected chi connectivity index (χ3v) is 4.29. The third-order valence-electron chi connectivity index (χ3n) is 4.29. The van der Waals surface area contributed by atoms with Gasteiger partial charge in [-0.15, -0.1) is 0 Å². The Morgan fingerprint density at radius 1 is 1.41 bits per heavy atom. The lowest BCUT2D eigenvalue weighted by Crippen LogP contribution is -2.45. The number of aromatic nitrogens is 2. The van der Waals surface area contributed by atoms with Crippen molar-refractivity contribution in [2.45, 2.75) is 26.7 Å². The van der Waals surface area contributed by atoms with E-state index in [2.05, 4.69) is 38.9 Å². The molecule has 1 atom stereocenters. The third kappa shape index (κ3) is 4.66. The topological polar surface area (TPSA) is 61.4 Å². The number of rotatable bonds is 7. The number of nitrogens with zero attached hydrogens (tertiary/aromatic N) is 4. The molecular formula is C16H27N5O. The zero-order valence-corrected chi connectivity index (χ0v) is 13.7. The van der Waals surface area contributed by atoms with Gasteiger partial charge in [0.25, 0.3) is 0 Å². The second-order valence-corrected chi connectivity index (χ2v) is 5.67. The van der Waals surface area contributed by atoms with E-state index >= 15 is 0 Å². The van der Waals surface area contributed by atoms with Crippen molar-refractivity contribution in [2.24, 2.45) is 5.92 Å². The highest BCUT2D eigenvalue weighted by Gasteiger charge is 2.26. The summed E-state index contributed by atoms with van der Waals surface area (Å²) in [6.45, 7) is 9.65. The van der Waals surface area contributed by atoms with Crippen LogP contribution in [0.2, 0.25) is 0 Å². The zero-order valence-electron chi connectivity index (χ0n) is 13.7. The predicted molar refractivity (Wildman–Crippen MR) is 87.8 cm³/mol. The number of anilines is 1. The molecule has 0 saturated carbocycles. The largest absolute Gasteiger partial charge is 0.355 e. The zero-order chi connectivity index (χ0) is 15.8. The van der Waals surface area contributed by atoms with Crippen LogP contribution in [0.5, 0.6) is 0 Å². The van der Waals surface area contributed by atoms with E-state index in [9.17, 15) is 4.79 Å². The Morgan fingerprint density at radius 2 is 2.23 bits per heavy atom. The van der Waals surface area contributed by atoms with Gasteiger partial charge in [0.2, 0.25) is 5.91 Å². The fraction of sp³-hybridized carbons (Fsp3) is 0.688. The maximum absolute atomic E-state index is 12.3. The summed E-state index contributed by atoms with van der Waals surface area (Å²) in [4.78, 5) is 25.2. The van der Waals surface area contributed by atoms with Crippen LogP contribution in [-0.2, 0) is 4.79 Å². The summed E-state index contributed by atoms with van der Waals surface area (Å²) in [5, 5.41) is 3.08. The monoisotopic (exact) mass is 305 g/mol. The molecule has 1 N–H and O–H groups in total. The average Bonchev–Trinajstić information content (AvgIpc) is 2.59. The summed E-state index contributed by atoms with van der Waals surface area (Å²) in [6.07, 6.45) is 7.10. The standard InChI is InChI=1S/C16H27N5O/c1-3-20(4-2)11-9-19-16(22)14-6-5-10-21(13-14)15-12-17-7-8-18-15/h7-8,12,14H,3-6,9-11,13H2,1-2H3,(H,19,22). The van der Waals surface area contributed by atoms with Gasteiger partial charge in [0.15, 0.2) is 0 Å². The van der Waals surface area contributed by atoms with E-state index in [0.717, 1.165) is 57.9 Å². The van der Waals surface area contributed by atoms with Crippen LogP contribution in [0, 0.1) is 5.92 Å². The maximum Gasteiger partial charge on any atom is 0.224 e. The van der Waals surface area contributed by atoms with Crippen LogP contribution in [0.3, 0.4) is 0 Å². The van der Waals surface area contributed by atoms with Crippen molar-refractivity contribution in [2.75, 3.05) is 44.2 Å². The Morgan fingerprint density at radius 3 is 2.91 bits per heavy atom. The average molecular weight is 305 g/mol. The summed E-state index contributed by atoms with van der Waals surface area (Å²) in [6, 6.07) is 0. The molecule has 1 fully saturated rings. The molecule has 2 rings (SSSR count). The molecule has 1 aliphatic rings. The van der Waals surface area contributed by atoms with E-state index in [0.29, 0.717) is 0 Å². The second-order valence-electron chi connectivity index (χ2n) is 5.67. The smallest absolute Gasteiger partial charge is 0.224 e. The summed E-state index contributed by atoms with van der Waals surface area (Å²) in [7, 11) is 0. The molecule has 6 nitrogen and oxygen atoms in total. The SMILES string of the molecule is CCN(CC)CCNC(=O)C1CCCN(c2cnccn2)C1. The number of hydrogen-bond acceptors (Lipinski definition) is 5. The Labute approximate surface area is 132 Å². The Bertz CT molecular complexity index is 449. The van der Waals surface area contributed by atoms with E-state index < -0.39 is 0 Å². The van der Waals surface area contributed by atoms with Crippen molar-refractivity contribution in [3.8, 4) is 0 Å².